The molecule has 0 N–H and O–H groups in total. The molecule has 1 fully saturated rings. The summed E-state index contributed by atoms with van der Waals surface area (Å²) in [5.41, 5.74) is 1.04. The molecule has 114 valence electrons. The van der Waals surface area contributed by atoms with E-state index in [1.165, 1.54) is 7.11 Å². The molecule has 2 aliphatic rings. The van der Waals surface area contributed by atoms with Crippen LogP contribution in [-0.4, -0.2) is 40.1 Å². The predicted molar refractivity (Wildman–Crippen MR) is 79.4 cm³/mol. The van der Waals surface area contributed by atoms with E-state index in [2.05, 4.69) is 6.92 Å². The normalized spacial score (nSPS) is 30.1. The molecule has 0 amide bonds. The quantitative estimate of drug-likeness (QED) is 0.747. The number of methoxy groups -OCH3 is 1. The average Bonchev–Trinajstić information content (AvgIpc) is 2.46. The van der Waals surface area contributed by atoms with Gasteiger partial charge in [-0.3, -0.25) is 0 Å². The lowest BCUT2D eigenvalue weighted by atomic mass is 9.70. The monoisotopic (exact) mass is 320 g/mol. The van der Waals surface area contributed by atoms with Crippen LogP contribution in [0, 0.1) is 5.41 Å². The molecule has 0 aromatic carbocycles. The molecule has 1 aliphatic carbocycles. The van der Waals surface area contributed by atoms with Crippen LogP contribution < -0.4 is 0 Å². The summed E-state index contributed by atoms with van der Waals surface area (Å²) in [4.78, 5) is 0. The molecule has 0 aromatic rings. The Morgan fingerprint density at radius 2 is 2.10 bits per heavy atom. The van der Waals surface area contributed by atoms with Gasteiger partial charge in [0.25, 0.3) is 0 Å². The van der Waals surface area contributed by atoms with Gasteiger partial charge in [0.05, 0.1) is 6.10 Å². The van der Waals surface area contributed by atoms with Gasteiger partial charge in [0.2, 0.25) is 9.05 Å². The topological polar surface area (TPSA) is 52.6 Å². The molecule has 0 saturated carbocycles. The smallest absolute Gasteiger partial charge is 0.241 e. The third-order valence-electron chi connectivity index (χ3n) is 4.47. The van der Waals surface area contributed by atoms with E-state index in [9.17, 15) is 8.42 Å². The van der Waals surface area contributed by atoms with Crippen molar-refractivity contribution in [3.63, 3.8) is 0 Å². The van der Waals surface area contributed by atoms with Crippen LogP contribution in [0.4, 0.5) is 0 Å². The minimum Gasteiger partial charge on any atom is -0.381 e. The Kier molecular flexibility index (Phi) is 4.95. The molecule has 4 nitrogen and oxygen atoms in total. The Morgan fingerprint density at radius 1 is 1.45 bits per heavy atom. The van der Waals surface area contributed by atoms with Crippen LogP contribution >= 0.6 is 10.7 Å². The van der Waals surface area contributed by atoms with E-state index < -0.39 is 20.4 Å². The minimum absolute atomic E-state index is 0.00666. The van der Waals surface area contributed by atoms with Crippen molar-refractivity contribution in [3.05, 3.63) is 23.8 Å². The zero-order chi connectivity index (χ0) is 14.8. The van der Waals surface area contributed by atoms with Crippen LogP contribution in [0.3, 0.4) is 0 Å². The molecule has 20 heavy (non-hydrogen) atoms. The Labute approximate surface area is 125 Å². The fourth-order valence-electron chi connectivity index (χ4n) is 3.05. The van der Waals surface area contributed by atoms with Crippen molar-refractivity contribution in [2.45, 2.75) is 37.5 Å². The predicted octanol–water partition coefficient (Wildman–Crippen LogP) is 2.64. The first-order valence-corrected chi connectivity index (χ1v) is 9.25. The number of allylic oxidation sites excluding steroid dienone is 2. The zero-order valence-electron chi connectivity index (χ0n) is 11.8. The summed E-state index contributed by atoms with van der Waals surface area (Å²) in [6, 6.07) is 0. The van der Waals surface area contributed by atoms with Crippen LogP contribution in [0.5, 0.6) is 0 Å². The molecule has 2 atom stereocenters. The number of hydrogen-bond donors (Lipinski definition) is 0. The second kappa shape index (κ2) is 6.18. The van der Waals surface area contributed by atoms with Crippen LogP contribution in [0.15, 0.2) is 23.8 Å². The van der Waals surface area contributed by atoms with Crippen LogP contribution in [0.2, 0.25) is 0 Å². The zero-order valence-corrected chi connectivity index (χ0v) is 13.4. The number of ether oxygens (including phenoxy) is 2. The van der Waals surface area contributed by atoms with Crippen molar-refractivity contribution in [3.8, 4) is 0 Å². The van der Waals surface area contributed by atoms with Gasteiger partial charge in [-0.15, -0.1) is 0 Å². The first-order valence-electron chi connectivity index (χ1n) is 6.87. The highest BCUT2D eigenvalue weighted by atomic mass is 35.7. The summed E-state index contributed by atoms with van der Waals surface area (Å²) in [6.45, 7) is 3.56. The number of halogens is 1. The highest BCUT2D eigenvalue weighted by Gasteiger charge is 2.39. The fraction of sp³-hybridized carbons (Fsp3) is 0.714. The lowest BCUT2D eigenvalue weighted by Crippen LogP contribution is -2.37. The molecule has 0 spiro atoms. The lowest BCUT2D eigenvalue weighted by molar-refractivity contribution is 0.0313. The van der Waals surface area contributed by atoms with E-state index in [1.807, 2.05) is 6.08 Å². The summed E-state index contributed by atoms with van der Waals surface area (Å²) in [7, 11) is 3.35. The molecule has 0 radical (unpaired) electrons. The Balaban J connectivity index is 2.36. The largest absolute Gasteiger partial charge is 0.381 e. The van der Waals surface area contributed by atoms with Crippen molar-refractivity contribution in [2.75, 3.05) is 20.3 Å². The molecule has 2 rings (SSSR count). The molecule has 1 heterocycles. The average molecular weight is 321 g/mol. The Morgan fingerprint density at radius 3 is 2.60 bits per heavy atom. The summed E-state index contributed by atoms with van der Waals surface area (Å²) in [5.74, 6) is 0. The van der Waals surface area contributed by atoms with Crippen molar-refractivity contribution in [1.82, 2.24) is 0 Å². The SMILES string of the molecule is CCC1(C2=CC(S(=O)(=O)Cl)C(OC)C=C2)CCOCC1. The molecule has 2 unspecified atom stereocenters. The number of hydrogen-bond acceptors (Lipinski definition) is 4. The Hall–Kier alpha value is -0.360. The first-order chi connectivity index (χ1) is 9.43. The second-order valence-electron chi connectivity index (χ2n) is 5.37. The van der Waals surface area contributed by atoms with E-state index >= 15 is 0 Å². The third kappa shape index (κ3) is 3.11. The maximum Gasteiger partial charge on any atom is 0.241 e. The van der Waals surface area contributed by atoms with Gasteiger partial charge in [-0.05, 0) is 30.3 Å². The molecule has 0 aromatic heterocycles. The first kappa shape index (κ1) is 16.0. The molecular weight excluding hydrogens is 300 g/mol. The van der Waals surface area contributed by atoms with Gasteiger partial charge < -0.3 is 9.47 Å². The Bertz CT molecular complexity index is 503. The van der Waals surface area contributed by atoms with Gasteiger partial charge in [-0.1, -0.05) is 25.2 Å². The highest BCUT2D eigenvalue weighted by molar-refractivity contribution is 8.14. The summed E-state index contributed by atoms with van der Waals surface area (Å²) >= 11 is 0. The fourth-order valence-corrected chi connectivity index (χ4v) is 4.34. The van der Waals surface area contributed by atoms with Crippen molar-refractivity contribution < 1.29 is 17.9 Å². The maximum absolute atomic E-state index is 11.8. The van der Waals surface area contributed by atoms with Gasteiger partial charge in [0.1, 0.15) is 5.25 Å². The maximum atomic E-state index is 11.8. The van der Waals surface area contributed by atoms with Gasteiger partial charge in [0.15, 0.2) is 0 Å². The van der Waals surface area contributed by atoms with E-state index in [4.69, 9.17) is 20.2 Å². The summed E-state index contributed by atoms with van der Waals surface area (Å²) in [6.07, 6.45) is 7.81. The van der Waals surface area contributed by atoms with Gasteiger partial charge in [0, 0.05) is 31.0 Å². The standard InChI is InChI=1S/C14H21ClO4S/c1-3-14(6-8-19-9-7-14)11-4-5-12(18-2)13(10-11)20(15,16)17/h4-5,10,12-13H,3,6-9H2,1-2H3. The van der Waals surface area contributed by atoms with Gasteiger partial charge >= 0.3 is 0 Å². The van der Waals surface area contributed by atoms with Gasteiger partial charge in [-0.2, -0.15) is 0 Å². The minimum atomic E-state index is -3.71. The molecule has 1 aliphatic heterocycles. The lowest BCUT2D eigenvalue weighted by Gasteiger charge is -2.39. The van der Waals surface area contributed by atoms with E-state index in [-0.39, 0.29) is 5.41 Å². The molecule has 0 bridgehead atoms. The van der Waals surface area contributed by atoms with E-state index in [0.29, 0.717) is 13.2 Å². The van der Waals surface area contributed by atoms with Crippen LogP contribution in [0.25, 0.3) is 0 Å². The highest BCUT2D eigenvalue weighted by Crippen LogP contribution is 2.44. The summed E-state index contributed by atoms with van der Waals surface area (Å²) < 4.78 is 34.2. The second-order valence-corrected chi connectivity index (χ2v) is 8.15. The summed E-state index contributed by atoms with van der Waals surface area (Å²) in [5, 5.41) is -0.819. The molecular formula is C14H21ClO4S. The van der Waals surface area contributed by atoms with Crippen LogP contribution in [0.1, 0.15) is 26.2 Å². The van der Waals surface area contributed by atoms with E-state index in [0.717, 1.165) is 24.8 Å². The van der Waals surface area contributed by atoms with E-state index in [1.54, 1.807) is 12.2 Å². The van der Waals surface area contributed by atoms with Gasteiger partial charge in [-0.25, -0.2) is 8.42 Å². The number of rotatable bonds is 4. The van der Waals surface area contributed by atoms with Crippen molar-refractivity contribution in [2.24, 2.45) is 5.41 Å². The van der Waals surface area contributed by atoms with Crippen LogP contribution in [-0.2, 0) is 18.5 Å². The van der Waals surface area contributed by atoms with Crippen molar-refractivity contribution >= 4 is 19.7 Å². The van der Waals surface area contributed by atoms with Crippen molar-refractivity contribution in [1.29, 1.82) is 0 Å². The molecule has 6 heteroatoms. The third-order valence-corrected chi connectivity index (χ3v) is 6.14. The molecule has 1 saturated heterocycles.